The number of hydrogen-bond acceptors (Lipinski definition) is 12. The maximum atomic E-state index is 14.3. The van der Waals surface area contributed by atoms with Gasteiger partial charge >= 0.3 is 11.4 Å². The highest BCUT2D eigenvalue weighted by molar-refractivity contribution is 5.94. The zero-order chi connectivity index (χ0) is 43.1. The van der Waals surface area contributed by atoms with Gasteiger partial charge in [0.2, 0.25) is 0 Å². The SMILES string of the molecule is CC#CCc1cccc(-c2cccc(-n3c(=O)nc4n(CC)c5cc6nc7c(=O)n(-c8cccc(-c9cccc(CC#CC)n9)n8)c(=O)nc-7n(CC)c6cc5nc-4c3=O)n2)n1. The lowest BCUT2D eigenvalue weighted by atomic mass is 10.2. The summed E-state index contributed by atoms with van der Waals surface area (Å²) in [6.07, 6.45) is 0.931. The minimum atomic E-state index is -0.837. The van der Waals surface area contributed by atoms with Gasteiger partial charge in [0, 0.05) is 13.1 Å². The van der Waals surface area contributed by atoms with Gasteiger partial charge in [-0.25, -0.2) is 38.7 Å². The van der Waals surface area contributed by atoms with Gasteiger partial charge in [0.1, 0.15) is 11.6 Å². The van der Waals surface area contributed by atoms with Crippen molar-refractivity contribution >= 4 is 22.1 Å². The largest absolute Gasteiger partial charge is 0.358 e. The molecule has 0 fully saturated rings. The lowest BCUT2D eigenvalue weighted by Crippen LogP contribution is -2.38. The summed E-state index contributed by atoms with van der Waals surface area (Å²) in [6.45, 7) is 7.83. The van der Waals surface area contributed by atoms with Crippen LogP contribution in [-0.4, -0.2) is 58.1 Å². The van der Waals surface area contributed by atoms with Gasteiger partial charge < -0.3 is 9.13 Å². The predicted molar refractivity (Wildman–Crippen MR) is 233 cm³/mol. The molecule has 4 aliphatic heterocycles. The van der Waals surface area contributed by atoms with Crippen molar-refractivity contribution < 1.29 is 0 Å². The van der Waals surface area contributed by atoms with E-state index in [1.54, 1.807) is 83.6 Å². The number of aryl methyl sites for hydroxylation is 2. The summed E-state index contributed by atoms with van der Waals surface area (Å²) in [4.78, 5) is 92.9. The fraction of sp³-hybridized carbons (Fsp3) is 0.174. The Morgan fingerprint density at radius 3 is 1.26 bits per heavy atom. The van der Waals surface area contributed by atoms with Gasteiger partial charge in [-0.2, -0.15) is 9.97 Å². The van der Waals surface area contributed by atoms with E-state index in [1.165, 1.54) is 0 Å². The molecule has 1 aromatic carbocycles. The molecule has 16 heteroatoms. The maximum absolute atomic E-state index is 14.3. The molecule has 0 spiro atoms. The number of rotatable bonds is 8. The summed E-state index contributed by atoms with van der Waals surface area (Å²) in [7, 11) is 0. The molecule has 0 unspecified atom stereocenters. The number of benzene rings is 1. The first-order valence-electron chi connectivity index (χ1n) is 19.7. The molecule has 5 aromatic rings. The molecule has 0 radical (unpaired) electrons. The quantitative estimate of drug-likeness (QED) is 0.154. The third-order valence-corrected chi connectivity index (χ3v) is 10.2. The van der Waals surface area contributed by atoms with Crippen molar-refractivity contribution in [3.63, 3.8) is 0 Å². The summed E-state index contributed by atoms with van der Waals surface area (Å²) in [5, 5.41) is 0. The van der Waals surface area contributed by atoms with Crippen LogP contribution in [0.1, 0.15) is 39.1 Å². The van der Waals surface area contributed by atoms with E-state index in [-0.39, 0.29) is 34.7 Å². The lowest BCUT2D eigenvalue weighted by Gasteiger charge is -2.19. The highest BCUT2D eigenvalue weighted by Crippen LogP contribution is 2.29. The Bertz CT molecular complexity index is 3360. The van der Waals surface area contributed by atoms with Crippen molar-refractivity contribution in [2.24, 2.45) is 0 Å². The van der Waals surface area contributed by atoms with Gasteiger partial charge in [0.25, 0.3) is 11.1 Å². The van der Waals surface area contributed by atoms with E-state index in [0.29, 0.717) is 70.8 Å². The van der Waals surface area contributed by atoms with Gasteiger partial charge in [0.05, 0.1) is 69.1 Å². The van der Waals surface area contributed by atoms with Crippen LogP contribution in [0.15, 0.2) is 104 Å². The van der Waals surface area contributed by atoms with Gasteiger partial charge in [0.15, 0.2) is 23.0 Å². The molecule has 0 saturated heterocycles. The number of pyridine rings is 4. The Morgan fingerprint density at radius 1 is 0.484 bits per heavy atom. The summed E-state index contributed by atoms with van der Waals surface area (Å²) >= 11 is 0. The number of hydrogen-bond donors (Lipinski definition) is 0. The van der Waals surface area contributed by atoms with Gasteiger partial charge in [-0.05, 0) is 88.4 Å². The van der Waals surface area contributed by atoms with Crippen molar-refractivity contribution in [2.75, 3.05) is 0 Å². The van der Waals surface area contributed by atoms with Crippen molar-refractivity contribution in [3.8, 4) is 81.1 Å². The van der Waals surface area contributed by atoms with E-state index in [0.717, 1.165) is 20.5 Å². The minimum Gasteiger partial charge on any atom is -0.323 e. The standard InChI is InChI=1S/C46H34N12O4/c1-5-9-15-27-17-11-19-29(47-27)31-21-13-23-37(49-31)57-43(59)39-41(53-45(57)61)55(7-3)35-26-34-36(25-33(35)51-39)56(8-4)42-40(52-34)44(60)58(46(62)54-42)38-24-14-22-32(50-38)30-20-12-18-28(48-30)16-10-6-2/h11-14,17-26H,7-8,15-16H2,1-4H3. The fourth-order valence-corrected chi connectivity index (χ4v) is 7.40. The van der Waals surface area contributed by atoms with Crippen LogP contribution in [-0.2, 0) is 25.9 Å². The maximum Gasteiger partial charge on any atom is 0.358 e. The predicted octanol–water partition coefficient (Wildman–Crippen LogP) is 4.49. The second kappa shape index (κ2) is 15.9. The first-order valence-corrected chi connectivity index (χ1v) is 19.7. The third kappa shape index (κ3) is 6.75. The van der Waals surface area contributed by atoms with E-state index in [4.69, 9.17) is 9.97 Å². The van der Waals surface area contributed by atoms with Crippen molar-refractivity contribution in [1.29, 1.82) is 0 Å². The van der Waals surface area contributed by atoms with E-state index in [9.17, 15) is 19.2 Å². The average molecular weight is 819 g/mol. The Balaban J connectivity index is 1.19. The van der Waals surface area contributed by atoms with Crippen LogP contribution in [0.3, 0.4) is 0 Å². The van der Waals surface area contributed by atoms with Crippen LogP contribution in [0.25, 0.3) is 79.5 Å². The summed E-state index contributed by atoms with van der Waals surface area (Å²) < 4.78 is 5.20. The lowest BCUT2D eigenvalue weighted by molar-refractivity contribution is 0.736. The molecule has 62 heavy (non-hydrogen) atoms. The van der Waals surface area contributed by atoms with E-state index >= 15 is 0 Å². The van der Waals surface area contributed by atoms with Crippen LogP contribution in [0.4, 0.5) is 0 Å². The molecule has 16 nitrogen and oxygen atoms in total. The highest BCUT2D eigenvalue weighted by atomic mass is 16.2. The average Bonchev–Trinajstić information content (AvgIpc) is 3.29. The fourth-order valence-electron chi connectivity index (χ4n) is 7.40. The Morgan fingerprint density at radius 2 is 0.871 bits per heavy atom. The molecule has 0 bridgehead atoms. The molecule has 0 aliphatic carbocycles. The normalized spacial score (nSPS) is 11.2. The van der Waals surface area contributed by atoms with Crippen LogP contribution in [0.2, 0.25) is 0 Å². The first kappa shape index (κ1) is 39.0. The van der Waals surface area contributed by atoms with Gasteiger partial charge in [-0.1, -0.05) is 36.1 Å². The Kier molecular flexibility index (Phi) is 10.0. The molecule has 0 amide bonds. The molecular formula is C46H34N12O4. The molecule has 0 atom stereocenters. The zero-order valence-electron chi connectivity index (χ0n) is 33.9. The Labute approximate surface area is 352 Å². The smallest absolute Gasteiger partial charge is 0.323 e. The molecule has 302 valence electrons. The molecular weight excluding hydrogens is 785 g/mol. The summed E-state index contributed by atoms with van der Waals surface area (Å²) in [5.74, 6) is 12.0. The summed E-state index contributed by atoms with van der Waals surface area (Å²) in [5.41, 5.74) is 2.09. The zero-order valence-corrected chi connectivity index (χ0v) is 33.9. The number of aromatic nitrogens is 12. The summed E-state index contributed by atoms with van der Waals surface area (Å²) in [6, 6.07) is 24.4. The number of fused-ring (bicyclic) bond motifs is 4. The monoisotopic (exact) mass is 818 g/mol. The van der Waals surface area contributed by atoms with Gasteiger partial charge in [-0.3, -0.25) is 19.6 Å². The molecule has 4 aliphatic rings. The van der Waals surface area contributed by atoms with Crippen LogP contribution < -0.4 is 22.5 Å². The van der Waals surface area contributed by atoms with Crippen LogP contribution in [0.5, 0.6) is 0 Å². The van der Waals surface area contributed by atoms with Crippen molar-refractivity contribution in [2.45, 2.75) is 53.6 Å². The molecule has 0 N–H and O–H groups in total. The third-order valence-electron chi connectivity index (χ3n) is 10.2. The second-order valence-electron chi connectivity index (χ2n) is 14.0. The van der Waals surface area contributed by atoms with Crippen LogP contribution in [0, 0.1) is 23.7 Å². The van der Waals surface area contributed by atoms with Crippen LogP contribution >= 0.6 is 0 Å². The molecule has 9 rings (SSSR count). The van der Waals surface area contributed by atoms with Crippen molar-refractivity contribution in [1.82, 2.24) is 58.1 Å². The van der Waals surface area contributed by atoms with E-state index in [1.807, 2.05) is 38.1 Å². The van der Waals surface area contributed by atoms with E-state index < -0.39 is 22.5 Å². The Hall–Kier alpha value is -8.50. The van der Waals surface area contributed by atoms with Crippen molar-refractivity contribution in [3.05, 3.63) is 138 Å². The second-order valence-corrected chi connectivity index (χ2v) is 14.0. The van der Waals surface area contributed by atoms with E-state index in [2.05, 4.69) is 53.6 Å². The minimum absolute atomic E-state index is 0.0605. The first-order chi connectivity index (χ1) is 30.2. The topological polar surface area (TPSA) is 191 Å². The molecule has 8 heterocycles. The number of nitrogens with zero attached hydrogens (tertiary/aromatic N) is 12. The molecule has 4 aromatic heterocycles. The van der Waals surface area contributed by atoms with Gasteiger partial charge in [-0.15, -0.1) is 11.8 Å². The highest BCUT2D eigenvalue weighted by Gasteiger charge is 2.26. The molecule has 0 saturated carbocycles.